The van der Waals surface area contributed by atoms with Crippen LogP contribution in [0.3, 0.4) is 0 Å². The zero-order valence-corrected chi connectivity index (χ0v) is 6.38. The Morgan fingerprint density at radius 3 is 2.00 bits per heavy atom. The summed E-state index contributed by atoms with van der Waals surface area (Å²) in [6, 6.07) is 0. The summed E-state index contributed by atoms with van der Waals surface area (Å²) in [6.07, 6.45) is 0. The first-order chi connectivity index (χ1) is 3.06. The van der Waals surface area contributed by atoms with Crippen LogP contribution in [0.25, 0.3) is 0 Å². The van der Waals surface area contributed by atoms with Crippen molar-refractivity contribution in [3.8, 4) is 0 Å². The van der Waals surface area contributed by atoms with Gasteiger partial charge in [-0.05, 0) is 10.8 Å². The smallest absolute Gasteiger partial charge is 0.149 e. The second kappa shape index (κ2) is 4.05. The summed E-state index contributed by atoms with van der Waals surface area (Å²) in [4.78, 5) is 0. The molecule has 0 aliphatic heterocycles. The van der Waals surface area contributed by atoms with E-state index in [-0.39, 0.29) is 7.43 Å². The van der Waals surface area contributed by atoms with E-state index in [0.717, 1.165) is 0 Å². The maximum absolute atomic E-state index is 9.64. The minimum atomic E-state index is -4.01. The molecule has 0 aromatic carbocycles. The largest absolute Gasteiger partial charge is 0.739 e. The Balaban J connectivity index is 0. The Labute approximate surface area is 53.6 Å². The molecule has 0 saturated heterocycles. The van der Waals surface area contributed by atoms with E-state index in [0.29, 0.717) is 16.5 Å². The fraction of sp³-hybridized carbons (Fsp3) is 0.667. The van der Waals surface area contributed by atoms with Gasteiger partial charge in [-0.2, -0.15) is 0 Å². The van der Waals surface area contributed by atoms with Crippen molar-refractivity contribution in [2.75, 3.05) is 5.75 Å². The Morgan fingerprint density at radius 1 is 1.62 bits per heavy atom. The first-order valence-corrected chi connectivity index (χ1v) is 4.57. The van der Waals surface area contributed by atoms with Gasteiger partial charge in [-0.1, -0.05) is 6.92 Å². The van der Waals surface area contributed by atoms with Gasteiger partial charge >= 0.3 is 0 Å². The maximum atomic E-state index is 9.64. The van der Waals surface area contributed by atoms with Crippen molar-refractivity contribution in [1.29, 1.82) is 0 Å². The molecular weight excluding hydrogens is 148 g/mol. The molecule has 0 saturated carbocycles. The van der Waals surface area contributed by atoms with Crippen LogP contribution in [0.2, 0.25) is 0 Å². The van der Waals surface area contributed by atoms with Gasteiger partial charge in [0, 0.05) is 13.2 Å². The highest BCUT2D eigenvalue weighted by Gasteiger charge is 1.87. The zero-order valence-electron chi connectivity index (χ0n) is 4.75. The van der Waals surface area contributed by atoms with Crippen LogP contribution in [0.15, 0.2) is 0 Å². The second-order valence-electron chi connectivity index (χ2n) is 0.815. The van der Waals surface area contributed by atoms with E-state index in [2.05, 4.69) is 0 Å². The minimum absolute atomic E-state index is 0. The van der Waals surface area contributed by atoms with E-state index >= 15 is 0 Å². The molecule has 0 amide bonds. The Morgan fingerprint density at radius 2 is 2.00 bits per heavy atom. The van der Waals surface area contributed by atoms with Gasteiger partial charge in [-0.15, -0.1) is 0 Å². The summed E-state index contributed by atoms with van der Waals surface area (Å²) in [5.41, 5.74) is 0. The topological polar surface area (TPSA) is 57.2 Å². The fourth-order valence-electron chi connectivity index (χ4n) is 0.144. The molecule has 0 radical (unpaired) electrons. The highest BCUT2D eigenvalue weighted by atomic mass is 33.1. The van der Waals surface area contributed by atoms with E-state index in [1.165, 1.54) is 0 Å². The lowest BCUT2D eigenvalue weighted by Crippen LogP contribution is -1.88. The molecule has 0 atom stereocenters. The van der Waals surface area contributed by atoms with E-state index in [4.69, 9.17) is 0 Å². The van der Waals surface area contributed by atoms with Gasteiger partial charge in [0.05, 0.1) is 0 Å². The van der Waals surface area contributed by atoms with Crippen LogP contribution in [-0.2, 0) is 9.15 Å². The van der Waals surface area contributed by atoms with Crippen molar-refractivity contribution in [2.45, 2.75) is 6.92 Å². The van der Waals surface area contributed by atoms with Gasteiger partial charge in [0.1, 0.15) is 9.15 Å². The first kappa shape index (κ1) is 11.0. The molecule has 0 rings (SSSR count). The van der Waals surface area contributed by atoms with Crippen LogP contribution in [0, 0.1) is 7.43 Å². The van der Waals surface area contributed by atoms with Crippen LogP contribution in [0.1, 0.15) is 6.92 Å². The average molecular weight is 156 g/mol. The average Bonchev–Trinajstić information content (AvgIpc) is 1.30. The van der Waals surface area contributed by atoms with Crippen LogP contribution < -0.4 is 0 Å². The van der Waals surface area contributed by atoms with Crippen LogP contribution in [0.4, 0.5) is 0 Å². The lowest BCUT2D eigenvalue weighted by atomic mass is 11.0. The highest BCUT2D eigenvalue weighted by Crippen LogP contribution is 2.05. The lowest BCUT2D eigenvalue weighted by Gasteiger charge is -1.99. The SMILES string of the molecule is CCSS(=O)(=O)[O-].[CH3+]. The first-order valence-electron chi connectivity index (χ1n) is 1.66. The molecule has 0 aliphatic rings. The number of rotatable bonds is 2. The maximum Gasteiger partial charge on any atom is 0.149 e. The van der Waals surface area contributed by atoms with Crippen molar-refractivity contribution in [3.63, 3.8) is 0 Å². The van der Waals surface area contributed by atoms with Crippen LogP contribution >= 0.6 is 10.8 Å². The monoisotopic (exact) mass is 156 g/mol. The lowest BCUT2D eigenvalue weighted by molar-refractivity contribution is 0.482. The minimum Gasteiger partial charge on any atom is -0.739 e. The van der Waals surface area contributed by atoms with Crippen molar-refractivity contribution in [1.82, 2.24) is 0 Å². The van der Waals surface area contributed by atoms with Crippen LogP contribution in [-0.4, -0.2) is 18.7 Å². The normalized spacial score (nSPS) is 10.2. The van der Waals surface area contributed by atoms with Gasteiger partial charge in [0.15, 0.2) is 0 Å². The summed E-state index contributed by atoms with van der Waals surface area (Å²) in [6.45, 7) is 1.61. The molecule has 50 valence electrons. The van der Waals surface area contributed by atoms with Crippen LogP contribution in [0.5, 0.6) is 0 Å². The van der Waals surface area contributed by atoms with Crippen molar-refractivity contribution in [2.24, 2.45) is 0 Å². The third kappa shape index (κ3) is 9.46. The summed E-state index contributed by atoms with van der Waals surface area (Å²) in [7, 11) is -3.60. The highest BCUT2D eigenvalue weighted by molar-refractivity contribution is 8.69. The van der Waals surface area contributed by atoms with Crippen molar-refractivity contribution in [3.05, 3.63) is 7.43 Å². The zero-order chi connectivity index (χ0) is 5.91. The summed E-state index contributed by atoms with van der Waals surface area (Å²) < 4.78 is 28.9. The summed E-state index contributed by atoms with van der Waals surface area (Å²) >= 11 is 0. The molecule has 0 aliphatic carbocycles. The van der Waals surface area contributed by atoms with Gasteiger partial charge in [-0.25, -0.2) is 8.42 Å². The molecule has 0 heterocycles. The van der Waals surface area contributed by atoms with Gasteiger partial charge in [0.2, 0.25) is 0 Å². The molecule has 0 N–H and O–H groups in total. The van der Waals surface area contributed by atoms with E-state index in [1.807, 2.05) is 0 Å². The predicted molar refractivity (Wildman–Crippen MR) is 34.2 cm³/mol. The van der Waals surface area contributed by atoms with E-state index in [9.17, 15) is 13.0 Å². The molecule has 0 aromatic rings. The van der Waals surface area contributed by atoms with Gasteiger partial charge in [0.25, 0.3) is 0 Å². The molecule has 5 heteroatoms. The molecule has 0 spiro atoms. The fourth-order valence-corrected chi connectivity index (χ4v) is 1.30. The second-order valence-corrected chi connectivity index (χ2v) is 4.38. The molecule has 8 heavy (non-hydrogen) atoms. The number of hydrogen-bond acceptors (Lipinski definition) is 4. The van der Waals surface area contributed by atoms with Gasteiger partial charge in [-0.3, -0.25) is 0 Å². The molecule has 0 unspecified atom stereocenters. The van der Waals surface area contributed by atoms with E-state index in [1.54, 1.807) is 6.92 Å². The quantitative estimate of drug-likeness (QED) is 0.334. The standard InChI is InChI=1S/C2H6O3S2.CH3/c1-2-6-7(3,4)5;/h2H2,1H3,(H,3,4,5);1H3/q;+1/p-1. The Kier molecular flexibility index (Phi) is 5.57. The van der Waals surface area contributed by atoms with Crippen molar-refractivity contribution >= 4 is 19.9 Å². The van der Waals surface area contributed by atoms with E-state index < -0.39 is 9.15 Å². The molecule has 0 fully saturated rings. The molecule has 0 bridgehead atoms. The Hall–Kier alpha value is 0.130. The number of hydrogen-bond donors (Lipinski definition) is 0. The summed E-state index contributed by atoms with van der Waals surface area (Å²) in [5, 5.41) is 0. The third-order valence-corrected chi connectivity index (χ3v) is 2.36. The van der Waals surface area contributed by atoms with Crippen molar-refractivity contribution < 1.29 is 13.0 Å². The predicted octanol–water partition coefficient (Wildman–Crippen LogP) is 0.650. The molecule has 0 aromatic heterocycles. The summed E-state index contributed by atoms with van der Waals surface area (Å²) in [5.74, 6) is 0.325. The molecular formula is C3H8O3S2. The molecule has 3 nitrogen and oxygen atoms in total. The van der Waals surface area contributed by atoms with Gasteiger partial charge < -0.3 is 4.55 Å². The Bertz CT molecular complexity index is 125. The third-order valence-electron chi connectivity index (χ3n) is 0.262.